The summed E-state index contributed by atoms with van der Waals surface area (Å²) in [5, 5.41) is 5.80. The van der Waals surface area contributed by atoms with Crippen LogP contribution < -0.4 is 16.4 Å². The number of alkyl halides is 3. The van der Waals surface area contributed by atoms with E-state index in [4.69, 9.17) is 17.3 Å². The number of nitrogens with one attached hydrogen (secondary N) is 2. The molecule has 2 aromatic heterocycles. The standard InChI is InChI=1S/C17H14ClF3N6/c1-9-3-2-6-23-14(9)27-16-13(22)15(24-8-25-16)26-12-7-10(17(19,20)21)4-5-11(12)18/h2-8H,22H2,1H3,(H2,23,24,25,26,27). The summed E-state index contributed by atoms with van der Waals surface area (Å²) in [4.78, 5) is 12.2. The number of nitrogens with zero attached hydrogens (tertiary/aromatic N) is 3. The van der Waals surface area contributed by atoms with Gasteiger partial charge in [-0.2, -0.15) is 13.2 Å². The lowest BCUT2D eigenvalue weighted by molar-refractivity contribution is -0.137. The van der Waals surface area contributed by atoms with E-state index in [-0.39, 0.29) is 28.0 Å². The van der Waals surface area contributed by atoms with Gasteiger partial charge in [-0.05, 0) is 36.8 Å². The van der Waals surface area contributed by atoms with Crippen molar-refractivity contribution in [3.63, 3.8) is 0 Å². The molecule has 0 saturated heterocycles. The van der Waals surface area contributed by atoms with Gasteiger partial charge in [0, 0.05) is 6.20 Å². The zero-order chi connectivity index (χ0) is 19.6. The lowest BCUT2D eigenvalue weighted by Crippen LogP contribution is -2.08. The predicted molar refractivity (Wildman–Crippen MR) is 98.4 cm³/mol. The molecule has 3 aromatic rings. The number of nitrogen functional groups attached to an aromatic ring is 1. The fraction of sp³-hybridized carbons (Fsp3) is 0.118. The Morgan fingerprint density at radius 1 is 1.00 bits per heavy atom. The molecule has 0 spiro atoms. The first kappa shape index (κ1) is 18.7. The molecule has 1 aromatic carbocycles. The molecule has 0 bridgehead atoms. The first-order chi connectivity index (χ1) is 12.8. The number of hydrogen-bond donors (Lipinski definition) is 3. The summed E-state index contributed by atoms with van der Waals surface area (Å²) in [5.41, 5.74) is 6.22. The summed E-state index contributed by atoms with van der Waals surface area (Å²) in [6, 6.07) is 6.58. The van der Waals surface area contributed by atoms with Crippen LogP contribution in [0.1, 0.15) is 11.1 Å². The first-order valence-electron chi connectivity index (χ1n) is 7.68. The normalized spacial score (nSPS) is 11.3. The molecule has 27 heavy (non-hydrogen) atoms. The molecule has 0 aliphatic heterocycles. The zero-order valence-corrected chi connectivity index (χ0v) is 14.7. The number of benzene rings is 1. The molecular weight excluding hydrogens is 381 g/mol. The van der Waals surface area contributed by atoms with Gasteiger partial charge in [-0.15, -0.1) is 0 Å². The number of aromatic nitrogens is 3. The number of halogens is 4. The summed E-state index contributed by atoms with van der Waals surface area (Å²) in [7, 11) is 0. The van der Waals surface area contributed by atoms with Crippen molar-refractivity contribution >= 4 is 40.4 Å². The average molecular weight is 395 g/mol. The quantitative estimate of drug-likeness (QED) is 0.582. The maximum Gasteiger partial charge on any atom is 0.416 e. The topological polar surface area (TPSA) is 88.8 Å². The van der Waals surface area contributed by atoms with Gasteiger partial charge in [-0.25, -0.2) is 15.0 Å². The molecule has 2 heterocycles. The van der Waals surface area contributed by atoms with E-state index in [0.717, 1.165) is 23.8 Å². The average Bonchev–Trinajstić information content (AvgIpc) is 2.61. The molecule has 6 nitrogen and oxygen atoms in total. The number of aryl methyl sites for hydroxylation is 1. The Bertz CT molecular complexity index is 977. The Kier molecular flexibility index (Phi) is 5.04. The van der Waals surface area contributed by atoms with Crippen LogP contribution in [0, 0.1) is 6.92 Å². The largest absolute Gasteiger partial charge is 0.416 e. The molecule has 0 atom stereocenters. The van der Waals surface area contributed by atoms with Crippen molar-refractivity contribution in [2.75, 3.05) is 16.4 Å². The third-order valence-electron chi connectivity index (χ3n) is 3.68. The van der Waals surface area contributed by atoms with Gasteiger partial charge < -0.3 is 16.4 Å². The van der Waals surface area contributed by atoms with Gasteiger partial charge in [-0.1, -0.05) is 17.7 Å². The van der Waals surface area contributed by atoms with Gasteiger partial charge in [0.25, 0.3) is 0 Å². The highest BCUT2D eigenvalue weighted by Gasteiger charge is 2.31. The SMILES string of the molecule is Cc1cccnc1Nc1ncnc(Nc2cc(C(F)(F)F)ccc2Cl)c1N. The number of pyridine rings is 1. The highest BCUT2D eigenvalue weighted by Crippen LogP contribution is 2.36. The fourth-order valence-corrected chi connectivity index (χ4v) is 2.41. The second kappa shape index (κ2) is 7.28. The lowest BCUT2D eigenvalue weighted by Gasteiger charge is -2.15. The molecule has 0 radical (unpaired) electrons. The van der Waals surface area contributed by atoms with Crippen LogP contribution >= 0.6 is 11.6 Å². The molecule has 4 N–H and O–H groups in total. The molecule has 0 amide bonds. The molecule has 0 unspecified atom stereocenters. The fourth-order valence-electron chi connectivity index (χ4n) is 2.25. The molecule has 140 valence electrons. The van der Waals surface area contributed by atoms with Crippen LogP contribution in [0.4, 0.5) is 42.0 Å². The molecule has 0 aliphatic rings. The number of nitrogens with two attached hydrogens (primary N) is 1. The van der Waals surface area contributed by atoms with Gasteiger partial charge in [-0.3, -0.25) is 0 Å². The second-order valence-electron chi connectivity index (χ2n) is 5.60. The summed E-state index contributed by atoms with van der Waals surface area (Å²) in [5.74, 6) is 0.922. The van der Waals surface area contributed by atoms with E-state index in [1.165, 1.54) is 6.33 Å². The van der Waals surface area contributed by atoms with Gasteiger partial charge in [0.1, 0.15) is 17.8 Å². The van der Waals surface area contributed by atoms with Crippen molar-refractivity contribution in [3.8, 4) is 0 Å². The van der Waals surface area contributed by atoms with Crippen LogP contribution in [0.5, 0.6) is 0 Å². The lowest BCUT2D eigenvalue weighted by atomic mass is 10.2. The molecular formula is C17H14ClF3N6. The van der Waals surface area contributed by atoms with E-state index in [9.17, 15) is 13.2 Å². The number of rotatable bonds is 4. The molecule has 0 aliphatic carbocycles. The predicted octanol–water partition coefficient (Wildman–Crippen LogP) is 4.92. The van der Waals surface area contributed by atoms with Crippen LogP contribution in [0.2, 0.25) is 5.02 Å². The minimum Gasteiger partial charge on any atom is -0.393 e. The van der Waals surface area contributed by atoms with Crippen molar-refractivity contribution in [2.45, 2.75) is 13.1 Å². The summed E-state index contributed by atoms with van der Waals surface area (Å²) < 4.78 is 38.8. The number of anilines is 5. The molecule has 0 fully saturated rings. The summed E-state index contributed by atoms with van der Waals surface area (Å²) in [6.45, 7) is 1.86. The molecule has 10 heteroatoms. The zero-order valence-electron chi connectivity index (χ0n) is 14.0. The third-order valence-corrected chi connectivity index (χ3v) is 4.01. The van der Waals surface area contributed by atoms with Crippen LogP contribution in [-0.2, 0) is 6.18 Å². The molecule has 3 rings (SSSR count). The monoisotopic (exact) mass is 394 g/mol. The van der Waals surface area contributed by atoms with Crippen molar-refractivity contribution in [2.24, 2.45) is 0 Å². The minimum atomic E-state index is -4.50. The van der Waals surface area contributed by atoms with E-state index in [2.05, 4.69) is 25.6 Å². The van der Waals surface area contributed by atoms with Gasteiger partial charge in [0.05, 0.1) is 16.3 Å². The number of hydrogen-bond acceptors (Lipinski definition) is 6. The first-order valence-corrected chi connectivity index (χ1v) is 8.06. The van der Waals surface area contributed by atoms with Gasteiger partial charge >= 0.3 is 6.18 Å². The van der Waals surface area contributed by atoms with Crippen molar-refractivity contribution in [1.29, 1.82) is 0 Å². The van der Waals surface area contributed by atoms with E-state index in [1.54, 1.807) is 12.3 Å². The van der Waals surface area contributed by atoms with Crippen LogP contribution in [0.3, 0.4) is 0 Å². The van der Waals surface area contributed by atoms with Crippen molar-refractivity contribution < 1.29 is 13.2 Å². The smallest absolute Gasteiger partial charge is 0.393 e. The minimum absolute atomic E-state index is 0.0249. The van der Waals surface area contributed by atoms with E-state index in [0.29, 0.717) is 5.82 Å². The van der Waals surface area contributed by atoms with Crippen molar-refractivity contribution in [1.82, 2.24) is 15.0 Å². The Morgan fingerprint density at radius 2 is 1.70 bits per heavy atom. The Balaban J connectivity index is 1.92. The van der Waals surface area contributed by atoms with Crippen LogP contribution in [0.15, 0.2) is 42.9 Å². The van der Waals surface area contributed by atoms with Crippen LogP contribution in [-0.4, -0.2) is 15.0 Å². The van der Waals surface area contributed by atoms with Crippen LogP contribution in [0.25, 0.3) is 0 Å². The van der Waals surface area contributed by atoms with Gasteiger partial charge in [0.2, 0.25) is 0 Å². The van der Waals surface area contributed by atoms with E-state index in [1.807, 2.05) is 13.0 Å². The maximum absolute atomic E-state index is 12.9. The van der Waals surface area contributed by atoms with E-state index < -0.39 is 11.7 Å². The highest BCUT2D eigenvalue weighted by atomic mass is 35.5. The van der Waals surface area contributed by atoms with E-state index >= 15 is 0 Å². The van der Waals surface area contributed by atoms with Crippen molar-refractivity contribution in [3.05, 3.63) is 59.0 Å². The van der Waals surface area contributed by atoms with Gasteiger partial charge in [0.15, 0.2) is 11.6 Å². The summed E-state index contributed by atoms with van der Waals surface area (Å²) in [6.07, 6.45) is -1.67. The second-order valence-corrected chi connectivity index (χ2v) is 6.00. The Labute approximate surface area is 157 Å². The maximum atomic E-state index is 12.9. The Hall–Kier alpha value is -3.07. The highest BCUT2D eigenvalue weighted by molar-refractivity contribution is 6.33. The molecule has 0 saturated carbocycles. The Morgan fingerprint density at radius 3 is 2.37 bits per heavy atom. The summed E-state index contributed by atoms with van der Waals surface area (Å²) >= 11 is 6.00. The third kappa shape index (κ3) is 4.20.